The third-order valence-corrected chi connectivity index (χ3v) is 3.32. The van der Waals surface area contributed by atoms with Crippen LogP contribution in [0.2, 0.25) is 0 Å². The summed E-state index contributed by atoms with van der Waals surface area (Å²) in [6.45, 7) is 7.47. The van der Waals surface area contributed by atoms with Crippen molar-refractivity contribution in [2.45, 2.75) is 39.8 Å². The predicted molar refractivity (Wildman–Crippen MR) is 60.8 cm³/mol. The number of aldehydes is 1. The van der Waals surface area contributed by atoms with Crippen LogP contribution in [0.15, 0.2) is 0 Å². The molecule has 0 N–H and O–H groups in total. The second kappa shape index (κ2) is 5.99. The zero-order valence-electron chi connectivity index (χ0n) is 10.3. The van der Waals surface area contributed by atoms with Crippen LogP contribution in [-0.4, -0.2) is 36.5 Å². The maximum absolute atomic E-state index is 11.8. The first kappa shape index (κ1) is 13.2. The normalized spacial score (nSPS) is 22.5. The van der Waals surface area contributed by atoms with Gasteiger partial charge in [0.1, 0.15) is 0 Å². The lowest BCUT2D eigenvalue weighted by atomic mass is 9.93. The molecule has 0 bridgehead atoms. The summed E-state index contributed by atoms with van der Waals surface area (Å²) in [5.41, 5.74) is 0. The molecule has 1 saturated heterocycles. The molecule has 0 radical (unpaired) electrons. The van der Waals surface area contributed by atoms with Crippen LogP contribution in [0.3, 0.4) is 0 Å². The zero-order chi connectivity index (χ0) is 12.1. The number of carbonyl (C=O) groups excluding carboxylic acids is 2. The van der Waals surface area contributed by atoms with E-state index in [1.54, 1.807) is 0 Å². The largest absolute Gasteiger partial charge is 0.349 e. The van der Waals surface area contributed by atoms with Crippen LogP contribution in [0.4, 0.5) is 0 Å². The molecule has 16 heavy (non-hydrogen) atoms. The van der Waals surface area contributed by atoms with Crippen LogP contribution >= 0.6 is 0 Å². The fourth-order valence-corrected chi connectivity index (χ4v) is 1.70. The van der Waals surface area contributed by atoms with Gasteiger partial charge in [-0.1, -0.05) is 20.8 Å². The standard InChI is InChI=1S/C12H21NO3/c1-9(2)10(3)4-5-11(15)13-6-7-16-12(13)8-14/h8-10,12H,4-7H2,1-3H3. The topological polar surface area (TPSA) is 46.6 Å². The van der Waals surface area contributed by atoms with Crippen LogP contribution in [-0.2, 0) is 14.3 Å². The molecule has 4 nitrogen and oxygen atoms in total. The van der Waals surface area contributed by atoms with Gasteiger partial charge in [0.15, 0.2) is 12.5 Å². The van der Waals surface area contributed by atoms with Crippen molar-refractivity contribution in [1.82, 2.24) is 4.90 Å². The van der Waals surface area contributed by atoms with Gasteiger partial charge in [-0.15, -0.1) is 0 Å². The first-order valence-corrected chi connectivity index (χ1v) is 5.92. The van der Waals surface area contributed by atoms with Gasteiger partial charge in [0, 0.05) is 13.0 Å². The van der Waals surface area contributed by atoms with Gasteiger partial charge < -0.3 is 9.64 Å². The molecule has 0 aliphatic carbocycles. The molecule has 92 valence electrons. The monoisotopic (exact) mass is 227 g/mol. The van der Waals surface area contributed by atoms with Crippen molar-refractivity contribution < 1.29 is 14.3 Å². The minimum atomic E-state index is -0.651. The van der Waals surface area contributed by atoms with Gasteiger partial charge in [0.2, 0.25) is 5.91 Å². The summed E-state index contributed by atoms with van der Waals surface area (Å²) in [5, 5.41) is 0. The molecule has 1 rings (SSSR count). The summed E-state index contributed by atoms with van der Waals surface area (Å²) in [4.78, 5) is 24.0. The summed E-state index contributed by atoms with van der Waals surface area (Å²) >= 11 is 0. The molecule has 1 fully saturated rings. The second-order valence-corrected chi connectivity index (χ2v) is 4.74. The molecule has 0 saturated carbocycles. The fourth-order valence-electron chi connectivity index (χ4n) is 1.70. The van der Waals surface area contributed by atoms with E-state index in [4.69, 9.17) is 4.74 Å². The van der Waals surface area contributed by atoms with Crippen molar-refractivity contribution in [3.8, 4) is 0 Å². The molecule has 0 aromatic rings. The van der Waals surface area contributed by atoms with E-state index in [0.717, 1.165) is 6.42 Å². The van der Waals surface area contributed by atoms with E-state index < -0.39 is 6.23 Å². The summed E-state index contributed by atoms with van der Waals surface area (Å²) in [5.74, 6) is 1.15. The molecule has 1 amide bonds. The number of hydrogen-bond donors (Lipinski definition) is 0. The number of hydrogen-bond acceptors (Lipinski definition) is 3. The van der Waals surface area contributed by atoms with Crippen molar-refractivity contribution >= 4 is 12.2 Å². The van der Waals surface area contributed by atoms with Crippen molar-refractivity contribution in [3.63, 3.8) is 0 Å². The van der Waals surface area contributed by atoms with Gasteiger partial charge in [-0.3, -0.25) is 9.59 Å². The van der Waals surface area contributed by atoms with E-state index in [-0.39, 0.29) is 5.91 Å². The summed E-state index contributed by atoms with van der Waals surface area (Å²) < 4.78 is 5.13. The van der Waals surface area contributed by atoms with E-state index in [2.05, 4.69) is 20.8 Å². The van der Waals surface area contributed by atoms with E-state index in [1.165, 1.54) is 4.90 Å². The second-order valence-electron chi connectivity index (χ2n) is 4.74. The maximum atomic E-state index is 11.8. The van der Waals surface area contributed by atoms with Crippen molar-refractivity contribution in [2.24, 2.45) is 11.8 Å². The van der Waals surface area contributed by atoms with Crippen LogP contribution in [0.25, 0.3) is 0 Å². The molecular formula is C12H21NO3. The number of nitrogens with zero attached hydrogens (tertiary/aromatic N) is 1. The highest BCUT2D eigenvalue weighted by Crippen LogP contribution is 2.18. The number of rotatable bonds is 5. The van der Waals surface area contributed by atoms with E-state index in [9.17, 15) is 9.59 Å². The van der Waals surface area contributed by atoms with Gasteiger partial charge in [0.05, 0.1) is 6.61 Å². The zero-order valence-corrected chi connectivity index (χ0v) is 10.3. The highest BCUT2D eigenvalue weighted by atomic mass is 16.5. The summed E-state index contributed by atoms with van der Waals surface area (Å²) in [6.07, 6.45) is 1.42. The molecule has 1 aliphatic rings. The fraction of sp³-hybridized carbons (Fsp3) is 0.833. The Morgan fingerprint density at radius 2 is 2.19 bits per heavy atom. The van der Waals surface area contributed by atoms with Crippen LogP contribution < -0.4 is 0 Å². The Morgan fingerprint density at radius 1 is 1.50 bits per heavy atom. The molecule has 0 spiro atoms. The Balaban J connectivity index is 2.37. The first-order valence-electron chi connectivity index (χ1n) is 5.92. The van der Waals surface area contributed by atoms with Gasteiger partial charge in [-0.2, -0.15) is 0 Å². The Kier molecular flexibility index (Phi) is 4.93. The Hall–Kier alpha value is -0.900. The van der Waals surface area contributed by atoms with E-state index >= 15 is 0 Å². The highest BCUT2D eigenvalue weighted by Gasteiger charge is 2.28. The first-order chi connectivity index (χ1) is 7.56. The molecule has 0 aromatic heterocycles. The molecule has 1 aliphatic heterocycles. The lowest BCUT2D eigenvalue weighted by Gasteiger charge is -2.20. The third kappa shape index (κ3) is 3.30. The summed E-state index contributed by atoms with van der Waals surface area (Å²) in [6, 6.07) is 0. The van der Waals surface area contributed by atoms with Crippen LogP contribution in [0.1, 0.15) is 33.6 Å². The average Bonchev–Trinajstić information content (AvgIpc) is 2.73. The maximum Gasteiger partial charge on any atom is 0.225 e. The Morgan fingerprint density at radius 3 is 2.75 bits per heavy atom. The third-order valence-electron chi connectivity index (χ3n) is 3.32. The van der Waals surface area contributed by atoms with Crippen LogP contribution in [0, 0.1) is 11.8 Å². The number of ether oxygens (including phenoxy) is 1. The Labute approximate surface area is 96.9 Å². The quantitative estimate of drug-likeness (QED) is 0.668. The molecule has 4 heteroatoms. The minimum Gasteiger partial charge on any atom is -0.349 e. The molecule has 2 unspecified atom stereocenters. The Bertz CT molecular complexity index is 253. The van der Waals surface area contributed by atoms with Crippen molar-refractivity contribution in [2.75, 3.05) is 13.2 Å². The molecule has 2 atom stereocenters. The average molecular weight is 227 g/mol. The minimum absolute atomic E-state index is 0.0297. The molecule has 1 heterocycles. The van der Waals surface area contributed by atoms with Gasteiger partial charge in [-0.05, 0) is 18.3 Å². The number of carbonyl (C=O) groups is 2. The molecular weight excluding hydrogens is 206 g/mol. The van der Waals surface area contributed by atoms with Gasteiger partial charge in [0.25, 0.3) is 0 Å². The van der Waals surface area contributed by atoms with E-state index in [0.29, 0.717) is 37.7 Å². The van der Waals surface area contributed by atoms with Crippen molar-refractivity contribution in [3.05, 3.63) is 0 Å². The van der Waals surface area contributed by atoms with Crippen molar-refractivity contribution in [1.29, 1.82) is 0 Å². The SMILES string of the molecule is CC(C)C(C)CCC(=O)N1CCOC1C=O. The van der Waals surface area contributed by atoms with Gasteiger partial charge in [-0.25, -0.2) is 0 Å². The van der Waals surface area contributed by atoms with Gasteiger partial charge >= 0.3 is 0 Å². The number of amides is 1. The molecule has 0 aromatic carbocycles. The van der Waals surface area contributed by atoms with Crippen LogP contribution in [0.5, 0.6) is 0 Å². The summed E-state index contributed by atoms with van der Waals surface area (Å²) in [7, 11) is 0. The lowest BCUT2D eigenvalue weighted by molar-refractivity contribution is -0.141. The lowest BCUT2D eigenvalue weighted by Crippen LogP contribution is -2.37. The van der Waals surface area contributed by atoms with E-state index in [1.807, 2.05) is 0 Å². The highest BCUT2D eigenvalue weighted by molar-refractivity contribution is 5.79. The predicted octanol–water partition coefficient (Wildman–Crippen LogP) is 1.44. The smallest absolute Gasteiger partial charge is 0.225 e.